The second-order valence-electron chi connectivity index (χ2n) is 7.94. The molecule has 146 valence electrons. The predicted molar refractivity (Wildman–Crippen MR) is 118 cm³/mol. The van der Waals surface area contributed by atoms with Gasteiger partial charge in [-0.05, 0) is 23.0 Å². The van der Waals surface area contributed by atoms with Crippen molar-refractivity contribution in [3.8, 4) is 0 Å². The molecule has 0 spiro atoms. The van der Waals surface area contributed by atoms with Gasteiger partial charge < -0.3 is 15.0 Å². The fraction of sp³-hybridized carbons (Fsp3) is 0.650. The highest BCUT2D eigenvalue weighted by atomic mass is 127. The Balaban J connectivity index is 0.00000243. The van der Waals surface area contributed by atoms with Crippen LogP contribution in [-0.2, 0) is 17.8 Å². The molecule has 1 aromatic carbocycles. The Labute approximate surface area is 175 Å². The van der Waals surface area contributed by atoms with E-state index < -0.39 is 0 Å². The van der Waals surface area contributed by atoms with Gasteiger partial charge in [-0.3, -0.25) is 9.89 Å². The summed E-state index contributed by atoms with van der Waals surface area (Å²) in [6.07, 6.45) is 1.23. The zero-order valence-corrected chi connectivity index (χ0v) is 18.7. The first-order valence-corrected chi connectivity index (χ1v) is 9.39. The lowest BCUT2D eigenvalue weighted by Gasteiger charge is -2.26. The van der Waals surface area contributed by atoms with Crippen LogP contribution in [0, 0.1) is 5.41 Å². The summed E-state index contributed by atoms with van der Waals surface area (Å²) in [6, 6.07) is 8.94. The normalized spacial score (nSPS) is 20.7. The van der Waals surface area contributed by atoms with Crippen LogP contribution in [0.5, 0.6) is 0 Å². The summed E-state index contributed by atoms with van der Waals surface area (Å²) in [5, 5.41) is 3.52. The topological polar surface area (TPSA) is 40.1 Å². The van der Waals surface area contributed by atoms with E-state index in [1.165, 1.54) is 17.5 Å². The van der Waals surface area contributed by atoms with Crippen LogP contribution in [0.15, 0.2) is 29.3 Å². The number of guanidine groups is 1. The largest absolute Gasteiger partial charge is 0.379 e. The minimum absolute atomic E-state index is 0. The molecule has 0 unspecified atom stereocenters. The molecule has 5 nitrogen and oxygen atoms in total. The first-order chi connectivity index (χ1) is 12.1. The molecule has 2 aliphatic rings. The Morgan fingerprint density at radius 3 is 2.35 bits per heavy atom. The molecule has 2 fully saturated rings. The van der Waals surface area contributed by atoms with E-state index in [-0.39, 0.29) is 24.0 Å². The van der Waals surface area contributed by atoms with Gasteiger partial charge in [0.1, 0.15) is 0 Å². The lowest BCUT2D eigenvalue weighted by Crippen LogP contribution is -2.40. The first kappa shape index (κ1) is 21.4. The molecule has 2 heterocycles. The molecular weight excluding hydrogens is 439 g/mol. The number of likely N-dealkylation sites (tertiary alicyclic amines) is 1. The number of aliphatic imine (C=N–C) groups is 1. The number of hydrogen-bond acceptors (Lipinski definition) is 3. The summed E-state index contributed by atoms with van der Waals surface area (Å²) in [4.78, 5) is 9.28. The van der Waals surface area contributed by atoms with Gasteiger partial charge in [0.15, 0.2) is 5.96 Å². The van der Waals surface area contributed by atoms with Crippen molar-refractivity contribution >= 4 is 29.9 Å². The van der Waals surface area contributed by atoms with Gasteiger partial charge >= 0.3 is 0 Å². The van der Waals surface area contributed by atoms with Gasteiger partial charge in [-0.15, -0.1) is 24.0 Å². The van der Waals surface area contributed by atoms with Gasteiger partial charge in [0, 0.05) is 46.3 Å². The van der Waals surface area contributed by atoms with Crippen LogP contribution >= 0.6 is 24.0 Å². The third kappa shape index (κ3) is 6.09. The van der Waals surface area contributed by atoms with Crippen LogP contribution in [-0.4, -0.2) is 62.2 Å². The monoisotopic (exact) mass is 472 g/mol. The smallest absolute Gasteiger partial charge is 0.193 e. The van der Waals surface area contributed by atoms with Gasteiger partial charge in [-0.25, -0.2) is 0 Å². The van der Waals surface area contributed by atoms with E-state index in [4.69, 9.17) is 4.74 Å². The van der Waals surface area contributed by atoms with E-state index in [1.807, 2.05) is 7.05 Å². The highest BCUT2D eigenvalue weighted by Crippen LogP contribution is 2.28. The first-order valence-electron chi connectivity index (χ1n) is 9.39. The van der Waals surface area contributed by atoms with Crippen molar-refractivity contribution in [2.24, 2.45) is 10.4 Å². The molecule has 2 saturated heterocycles. The standard InChI is InChI=1S/C20H32N4O.HI/c1-20(2)8-9-24(16-20)19(21-3)22-14-17-4-6-18(7-5-17)15-23-10-12-25-13-11-23;/h4-7H,8-16H2,1-3H3,(H,21,22);1H. The molecule has 2 aliphatic heterocycles. The number of morpholine rings is 1. The van der Waals surface area contributed by atoms with Crippen molar-refractivity contribution < 1.29 is 4.74 Å². The fourth-order valence-corrected chi connectivity index (χ4v) is 3.59. The van der Waals surface area contributed by atoms with E-state index in [9.17, 15) is 0 Å². The molecule has 0 radical (unpaired) electrons. The van der Waals surface area contributed by atoms with E-state index in [1.54, 1.807) is 0 Å². The van der Waals surface area contributed by atoms with Crippen LogP contribution in [0.1, 0.15) is 31.4 Å². The van der Waals surface area contributed by atoms with Crippen molar-refractivity contribution in [3.63, 3.8) is 0 Å². The molecule has 0 aromatic heterocycles. The molecule has 1 N–H and O–H groups in total. The Bertz CT molecular complexity index is 582. The van der Waals surface area contributed by atoms with Crippen LogP contribution in [0.25, 0.3) is 0 Å². The van der Waals surface area contributed by atoms with Crippen molar-refractivity contribution in [2.45, 2.75) is 33.4 Å². The molecule has 0 saturated carbocycles. The number of ether oxygens (including phenoxy) is 1. The summed E-state index contributed by atoms with van der Waals surface area (Å²) in [7, 11) is 1.87. The average Bonchev–Trinajstić information content (AvgIpc) is 2.98. The number of benzene rings is 1. The van der Waals surface area contributed by atoms with Gasteiger partial charge in [0.25, 0.3) is 0 Å². The Morgan fingerprint density at radius 1 is 1.12 bits per heavy atom. The summed E-state index contributed by atoms with van der Waals surface area (Å²) in [6.45, 7) is 12.4. The van der Waals surface area contributed by atoms with E-state index in [2.05, 4.69) is 58.2 Å². The predicted octanol–water partition coefficient (Wildman–Crippen LogP) is 2.94. The lowest BCUT2D eigenvalue weighted by molar-refractivity contribution is 0.0342. The Kier molecular flexibility index (Phi) is 8.16. The van der Waals surface area contributed by atoms with Gasteiger partial charge in [-0.1, -0.05) is 38.1 Å². The summed E-state index contributed by atoms with van der Waals surface area (Å²) < 4.78 is 5.41. The molecule has 3 rings (SSSR count). The second-order valence-corrected chi connectivity index (χ2v) is 7.94. The molecule has 0 aliphatic carbocycles. The number of nitrogens with one attached hydrogen (secondary N) is 1. The molecule has 1 aromatic rings. The highest BCUT2D eigenvalue weighted by molar-refractivity contribution is 14.0. The van der Waals surface area contributed by atoms with Crippen molar-refractivity contribution in [3.05, 3.63) is 35.4 Å². The summed E-state index contributed by atoms with van der Waals surface area (Å²) >= 11 is 0. The number of hydrogen-bond donors (Lipinski definition) is 1. The molecule has 6 heteroatoms. The van der Waals surface area contributed by atoms with Gasteiger partial charge in [-0.2, -0.15) is 0 Å². The Hall–Kier alpha value is -0.860. The number of rotatable bonds is 4. The maximum atomic E-state index is 5.41. The minimum Gasteiger partial charge on any atom is -0.379 e. The van der Waals surface area contributed by atoms with Crippen molar-refractivity contribution in [2.75, 3.05) is 46.4 Å². The third-order valence-corrected chi connectivity index (χ3v) is 5.17. The molecular formula is C20H33IN4O. The van der Waals surface area contributed by atoms with Crippen molar-refractivity contribution in [1.29, 1.82) is 0 Å². The van der Waals surface area contributed by atoms with E-state index in [0.717, 1.165) is 58.4 Å². The quantitative estimate of drug-likeness (QED) is 0.416. The van der Waals surface area contributed by atoms with Crippen LogP contribution in [0.4, 0.5) is 0 Å². The van der Waals surface area contributed by atoms with Gasteiger partial charge in [0.2, 0.25) is 0 Å². The van der Waals surface area contributed by atoms with Crippen LogP contribution in [0.2, 0.25) is 0 Å². The SMILES string of the molecule is CN=C(NCc1ccc(CN2CCOCC2)cc1)N1CCC(C)(C)C1.I. The maximum Gasteiger partial charge on any atom is 0.193 e. The van der Waals surface area contributed by atoms with E-state index >= 15 is 0 Å². The van der Waals surface area contributed by atoms with Crippen LogP contribution in [0.3, 0.4) is 0 Å². The van der Waals surface area contributed by atoms with Crippen molar-refractivity contribution in [1.82, 2.24) is 15.1 Å². The zero-order valence-electron chi connectivity index (χ0n) is 16.3. The number of nitrogens with zero attached hydrogens (tertiary/aromatic N) is 3. The fourth-order valence-electron chi connectivity index (χ4n) is 3.59. The minimum atomic E-state index is 0. The Morgan fingerprint density at radius 2 is 1.77 bits per heavy atom. The second kappa shape index (κ2) is 9.90. The molecule has 0 bridgehead atoms. The summed E-state index contributed by atoms with van der Waals surface area (Å²) in [5.74, 6) is 1.02. The lowest BCUT2D eigenvalue weighted by atomic mass is 9.93. The zero-order chi connectivity index (χ0) is 17.7. The maximum absolute atomic E-state index is 5.41. The molecule has 0 amide bonds. The molecule has 26 heavy (non-hydrogen) atoms. The summed E-state index contributed by atoms with van der Waals surface area (Å²) in [5.41, 5.74) is 3.06. The van der Waals surface area contributed by atoms with Crippen LogP contribution < -0.4 is 5.32 Å². The third-order valence-electron chi connectivity index (χ3n) is 5.17. The van der Waals surface area contributed by atoms with Gasteiger partial charge in [0.05, 0.1) is 13.2 Å². The molecule has 0 atom stereocenters. The highest BCUT2D eigenvalue weighted by Gasteiger charge is 2.30. The van der Waals surface area contributed by atoms with E-state index in [0.29, 0.717) is 5.41 Å². The average molecular weight is 472 g/mol. The number of halogens is 1.